The summed E-state index contributed by atoms with van der Waals surface area (Å²) in [7, 11) is 0. The van der Waals surface area contributed by atoms with Crippen molar-refractivity contribution in [1.29, 1.82) is 0 Å². The van der Waals surface area contributed by atoms with Gasteiger partial charge in [-0.1, -0.05) is 6.07 Å². The van der Waals surface area contributed by atoms with E-state index in [2.05, 4.69) is 6.92 Å². The highest BCUT2D eigenvalue weighted by atomic mass is 32.2. The Bertz CT molecular complexity index is 373. The fourth-order valence-electron chi connectivity index (χ4n) is 2.02. The van der Waals surface area contributed by atoms with E-state index in [1.165, 1.54) is 6.42 Å². The molecule has 1 fully saturated rings. The summed E-state index contributed by atoms with van der Waals surface area (Å²) >= 11 is 2.00. The molecule has 1 aromatic rings. The van der Waals surface area contributed by atoms with E-state index >= 15 is 0 Å². The van der Waals surface area contributed by atoms with Crippen LogP contribution in [0, 0.1) is 0 Å². The Labute approximate surface area is 113 Å². The first-order valence-electron chi connectivity index (χ1n) is 6.47. The summed E-state index contributed by atoms with van der Waals surface area (Å²) in [5.74, 6) is 1.98. The first-order valence-corrected chi connectivity index (χ1v) is 7.52. The van der Waals surface area contributed by atoms with Crippen LogP contribution in [0.1, 0.15) is 19.8 Å². The standard InChI is InChI=1S/C14H21NO2S/c1-11-14(6-8-16-11)18-9-3-7-17-13-5-2-4-12(15)10-13/h2,4-5,10-11,14H,3,6-9,15H2,1H3. The fourth-order valence-corrected chi connectivity index (χ4v) is 3.22. The van der Waals surface area contributed by atoms with Gasteiger partial charge in [0.15, 0.2) is 0 Å². The molecule has 2 unspecified atom stereocenters. The summed E-state index contributed by atoms with van der Waals surface area (Å²) in [6.45, 7) is 3.82. The molecule has 0 aliphatic carbocycles. The number of ether oxygens (including phenoxy) is 2. The van der Waals surface area contributed by atoms with Crippen LogP contribution in [0.3, 0.4) is 0 Å². The molecule has 2 rings (SSSR count). The van der Waals surface area contributed by atoms with Gasteiger partial charge in [-0.2, -0.15) is 11.8 Å². The zero-order chi connectivity index (χ0) is 12.8. The van der Waals surface area contributed by atoms with Crippen LogP contribution in [-0.4, -0.2) is 30.3 Å². The van der Waals surface area contributed by atoms with Gasteiger partial charge < -0.3 is 15.2 Å². The average Bonchev–Trinajstić information content (AvgIpc) is 2.75. The maximum Gasteiger partial charge on any atom is 0.121 e. The van der Waals surface area contributed by atoms with E-state index in [9.17, 15) is 0 Å². The van der Waals surface area contributed by atoms with Gasteiger partial charge in [-0.25, -0.2) is 0 Å². The smallest absolute Gasteiger partial charge is 0.121 e. The number of hydrogen-bond donors (Lipinski definition) is 1. The predicted octanol–water partition coefficient (Wildman–Crippen LogP) is 2.95. The summed E-state index contributed by atoms with van der Waals surface area (Å²) in [5, 5.41) is 0.664. The predicted molar refractivity (Wildman–Crippen MR) is 77.2 cm³/mol. The minimum atomic E-state index is 0.407. The lowest BCUT2D eigenvalue weighted by atomic mass is 10.3. The second-order valence-corrected chi connectivity index (χ2v) is 5.90. The SMILES string of the molecule is CC1OCCC1SCCCOc1cccc(N)c1. The van der Waals surface area contributed by atoms with Gasteiger partial charge in [-0.15, -0.1) is 0 Å². The number of thioether (sulfide) groups is 1. The van der Waals surface area contributed by atoms with Crippen LogP contribution in [0.5, 0.6) is 5.75 Å². The monoisotopic (exact) mass is 267 g/mol. The molecule has 0 bridgehead atoms. The molecular formula is C14H21NO2S. The van der Waals surface area contributed by atoms with Crippen molar-refractivity contribution in [2.24, 2.45) is 0 Å². The van der Waals surface area contributed by atoms with Crippen molar-refractivity contribution >= 4 is 17.4 Å². The van der Waals surface area contributed by atoms with Crippen LogP contribution in [0.15, 0.2) is 24.3 Å². The van der Waals surface area contributed by atoms with Crippen molar-refractivity contribution in [3.63, 3.8) is 0 Å². The number of nitrogens with two attached hydrogens (primary N) is 1. The summed E-state index contributed by atoms with van der Waals surface area (Å²) in [6, 6.07) is 7.58. The number of benzene rings is 1. The molecule has 0 amide bonds. The Morgan fingerprint density at radius 1 is 1.50 bits per heavy atom. The molecule has 1 aliphatic heterocycles. The van der Waals surface area contributed by atoms with E-state index < -0.39 is 0 Å². The van der Waals surface area contributed by atoms with Crippen LogP contribution in [0.2, 0.25) is 0 Å². The lowest BCUT2D eigenvalue weighted by Gasteiger charge is -2.13. The summed E-state index contributed by atoms with van der Waals surface area (Å²) in [4.78, 5) is 0. The third-order valence-electron chi connectivity index (χ3n) is 3.05. The molecule has 18 heavy (non-hydrogen) atoms. The van der Waals surface area contributed by atoms with Crippen LogP contribution >= 0.6 is 11.8 Å². The van der Waals surface area contributed by atoms with Gasteiger partial charge in [0.05, 0.1) is 12.7 Å². The Hall–Kier alpha value is -0.870. The van der Waals surface area contributed by atoms with E-state index in [0.29, 0.717) is 11.4 Å². The van der Waals surface area contributed by atoms with E-state index in [0.717, 1.165) is 36.8 Å². The van der Waals surface area contributed by atoms with E-state index in [1.807, 2.05) is 36.0 Å². The molecule has 100 valence electrons. The van der Waals surface area contributed by atoms with E-state index in [-0.39, 0.29) is 0 Å². The lowest BCUT2D eigenvalue weighted by molar-refractivity contribution is 0.127. The molecule has 4 heteroatoms. The molecule has 0 spiro atoms. The number of rotatable bonds is 6. The molecule has 0 aromatic heterocycles. The quantitative estimate of drug-likeness (QED) is 0.636. The first-order chi connectivity index (χ1) is 8.75. The van der Waals surface area contributed by atoms with E-state index in [4.69, 9.17) is 15.2 Å². The maximum absolute atomic E-state index is 5.69. The number of anilines is 1. The Balaban J connectivity index is 1.59. The fraction of sp³-hybridized carbons (Fsp3) is 0.571. The minimum absolute atomic E-state index is 0.407. The van der Waals surface area contributed by atoms with Crippen LogP contribution in [0.4, 0.5) is 5.69 Å². The van der Waals surface area contributed by atoms with Crippen LogP contribution in [0.25, 0.3) is 0 Å². The van der Waals surface area contributed by atoms with Gasteiger partial charge in [0, 0.05) is 23.6 Å². The molecule has 2 N–H and O–H groups in total. The van der Waals surface area contributed by atoms with Crippen molar-refractivity contribution < 1.29 is 9.47 Å². The topological polar surface area (TPSA) is 44.5 Å². The highest BCUT2D eigenvalue weighted by molar-refractivity contribution is 7.99. The summed E-state index contributed by atoms with van der Waals surface area (Å²) < 4.78 is 11.2. The lowest BCUT2D eigenvalue weighted by Crippen LogP contribution is -2.14. The normalized spacial score (nSPS) is 23.2. The Morgan fingerprint density at radius 2 is 2.39 bits per heavy atom. The molecule has 2 atom stereocenters. The van der Waals surface area contributed by atoms with Gasteiger partial charge in [0.2, 0.25) is 0 Å². The van der Waals surface area contributed by atoms with Gasteiger partial charge >= 0.3 is 0 Å². The van der Waals surface area contributed by atoms with Crippen molar-refractivity contribution in [3.05, 3.63) is 24.3 Å². The molecule has 1 aromatic carbocycles. The van der Waals surface area contributed by atoms with Gasteiger partial charge in [0.1, 0.15) is 5.75 Å². The Morgan fingerprint density at radius 3 is 3.11 bits per heavy atom. The third-order valence-corrected chi connectivity index (χ3v) is 4.63. The van der Waals surface area contributed by atoms with Crippen LogP contribution < -0.4 is 10.5 Å². The summed E-state index contributed by atoms with van der Waals surface area (Å²) in [5.41, 5.74) is 6.44. The highest BCUT2D eigenvalue weighted by Gasteiger charge is 2.23. The van der Waals surface area contributed by atoms with Crippen molar-refractivity contribution in [1.82, 2.24) is 0 Å². The van der Waals surface area contributed by atoms with Crippen molar-refractivity contribution in [2.45, 2.75) is 31.1 Å². The first kappa shape index (κ1) is 13.6. The van der Waals surface area contributed by atoms with Gasteiger partial charge in [-0.05, 0) is 37.7 Å². The molecule has 3 nitrogen and oxygen atoms in total. The zero-order valence-electron chi connectivity index (χ0n) is 10.8. The second-order valence-electron chi connectivity index (χ2n) is 4.55. The van der Waals surface area contributed by atoms with E-state index in [1.54, 1.807) is 0 Å². The summed E-state index contributed by atoms with van der Waals surface area (Å²) in [6.07, 6.45) is 2.65. The highest BCUT2D eigenvalue weighted by Crippen LogP contribution is 2.26. The Kier molecular flexibility index (Phi) is 5.20. The molecule has 0 saturated carbocycles. The molecule has 1 aliphatic rings. The second kappa shape index (κ2) is 6.90. The largest absolute Gasteiger partial charge is 0.493 e. The number of nitrogen functional groups attached to an aromatic ring is 1. The van der Waals surface area contributed by atoms with Crippen molar-refractivity contribution in [2.75, 3.05) is 24.7 Å². The van der Waals surface area contributed by atoms with Crippen LogP contribution in [-0.2, 0) is 4.74 Å². The van der Waals surface area contributed by atoms with Gasteiger partial charge in [-0.3, -0.25) is 0 Å². The number of hydrogen-bond acceptors (Lipinski definition) is 4. The molecule has 0 radical (unpaired) electrons. The third kappa shape index (κ3) is 4.10. The minimum Gasteiger partial charge on any atom is -0.493 e. The van der Waals surface area contributed by atoms with Crippen molar-refractivity contribution in [3.8, 4) is 5.75 Å². The van der Waals surface area contributed by atoms with Gasteiger partial charge in [0.25, 0.3) is 0 Å². The molecule has 1 heterocycles. The maximum atomic E-state index is 5.69. The average molecular weight is 267 g/mol. The molecule has 1 saturated heterocycles. The zero-order valence-corrected chi connectivity index (χ0v) is 11.6. The molecular weight excluding hydrogens is 246 g/mol.